The van der Waals surface area contributed by atoms with Gasteiger partial charge in [0.1, 0.15) is 17.1 Å². The maximum Gasteiger partial charge on any atom is 0.193 e. The number of carbonyl (C=O) groups excluding carboxylic acids is 1. The molecule has 0 saturated carbocycles. The van der Waals surface area contributed by atoms with Crippen LogP contribution in [0.1, 0.15) is 63.0 Å². The van der Waals surface area contributed by atoms with Crippen molar-refractivity contribution >= 4 is 5.78 Å². The smallest absolute Gasteiger partial charge is 0.193 e. The van der Waals surface area contributed by atoms with Crippen LogP contribution in [-0.2, 0) is 5.41 Å². The third-order valence-corrected chi connectivity index (χ3v) is 3.59. The van der Waals surface area contributed by atoms with E-state index in [0.717, 1.165) is 11.3 Å². The summed E-state index contributed by atoms with van der Waals surface area (Å²) in [6.45, 7) is 12.1. The number of aromatic hydroxyl groups is 1. The van der Waals surface area contributed by atoms with E-state index in [-0.39, 0.29) is 22.5 Å². The van der Waals surface area contributed by atoms with Crippen molar-refractivity contribution in [3.8, 4) is 11.5 Å². The van der Waals surface area contributed by atoms with Crippen LogP contribution in [0.3, 0.4) is 0 Å². The number of phenolic OH excluding ortho intramolecular Hbond substituents is 1. The van der Waals surface area contributed by atoms with E-state index in [0.29, 0.717) is 11.1 Å². The molecule has 0 aliphatic heterocycles. The number of hydrogen-bond donors (Lipinski definition) is 1. The Hall–Kier alpha value is -2.29. The highest BCUT2D eigenvalue weighted by molar-refractivity contribution is 6.09. The van der Waals surface area contributed by atoms with Crippen molar-refractivity contribution < 1.29 is 14.6 Å². The number of hydrogen-bond acceptors (Lipinski definition) is 3. The number of benzene rings is 2. The largest absolute Gasteiger partial charge is 0.508 e. The molecular weight excluding hydrogens is 300 g/mol. The minimum absolute atomic E-state index is 0.110. The molecule has 0 spiro atoms. The molecule has 3 nitrogen and oxygen atoms in total. The molecule has 128 valence electrons. The lowest BCUT2D eigenvalue weighted by Crippen LogP contribution is -2.22. The van der Waals surface area contributed by atoms with Gasteiger partial charge in [0.25, 0.3) is 0 Å². The van der Waals surface area contributed by atoms with Crippen molar-refractivity contribution in [2.75, 3.05) is 0 Å². The number of ether oxygens (including phenoxy) is 1. The zero-order valence-corrected chi connectivity index (χ0v) is 15.3. The number of carbonyl (C=O) groups is 1. The van der Waals surface area contributed by atoms with Crippen molar-refractivity contribution in [2.45, 2.75) is 52.6 Å². The predicted molar refractivity (Wildman–Crippen MR) is 97.1 cm³/mol. The van der Waals surface area contributed by atoms with Gasteiger partial charge in [-0.05, 0) is 74.2 Å². The van der Waals surface area contributed by atoms with Crippen molar-refractivity contribution in [1.29, 1.82) is 0 Å². The van der Waals surface area contributed by atoms with Gasteiger partial charge in [0.05, 0.1) is 0 Å². The molecule has 0 bridgehead atoms. The molecule has 2 aromatic carbocycles. The van der Waals surface area contributed by atoms with Gasteiger partial charge in [-0.25, -0.2) is 0 Å². The van der Waals surface area contributed by atoms with Crippen LogP contribution in [0, 0.1) is 0 Å². The van der Waals surface area contributed by atoms with Crippen molar-refractivity contribution in [2.24, 2.45) is 0 Å². The van der Waals surface area contributed by atoms with Crippen LogP contribution in [0.5, 0.6) is 11.5 Å². The van der Waals surface area contributed by atoms with Gasteiger partial charge in [-0.2, -0.15) is 0 Å². The van der Waals surface area contributed by atoms with Gasteiger partial charge < -0.3 is 9.84 Å². The standard InChI is InChI=1S/C21H26O3/c1-20(2,3)16-11-15(12-17(22)13-16)19(23)14-7-9-18(10-8-14)24-21(4,5)6/h7-13,22H,1-6H3. The van der Waals surface area contributed by atoms with Crippen LogP contribution in [0.25, 0.3) is 0 Å². The van der Waals surface area contributed by atoms with Crippen molar-refractivity contribution in [3.05, 3.63) is 59.2 Å². The van der Waals surface area contributed by atoms with E-state index < -0.39 is 0 Å². The zero-order valence-electron chi connectivity index (χ0n) is 15.3. The number of phenols is 1. The minimum atomic E-state index is -0.279. The summed E-state index contributed by atoms with van der Waals surface area (Å²) in [6.07, 6.45) is 0. The summed E-state index contributed by atoms with van der Waals surface area (Å²) in [5.74, 6) is 0.725. The Morgan fingerprint density at radius 2 is 1.46 bits per heavy atom. The second kappa shape index (κ2) is 6.31. The first-order chi connectivity index (χ1) is 11.0. The van der Waals surface area contributed by atoms with Crippen molar-refractivity contribution in [3.63, 3.8) is 0 Å². The first-order valence-electron chi connectivity index (χ1n) is 8.14. The number of rotatable bonds is 3. The first kappa shape index (κ1) is 18.1. The molecule has 2 rings (SSSR count). The van der Waals surface area contributed by atoms with Gasteiger partial charge in [-0.3, -0.25) is 4.79 Å². The van der Waals surface area contributed by atoms with Gasteiger partial charge in [0.2, 0.25) is 0 Å². The monoisotopic (exact) mass is 326 g/mol. The lowest BCUT2D eigenvalue weighted by atomic mass is 9.85. The molecule has 0 heterocycles. The molecule has 0 fully saturated rings. The molecule has 24 heavy (non-hydrogen) atoms. The Kier molecular flexibility index (Phi) is 4.75. The molecule has 0 aliphatic rings. The maximum absolute atomic E-state index is 12.7. The molecule has 0 saturated heterocycles. The number of ketones is 1. The van der Waals surface area contributed by atoms with Crippen LogP contribution >= 0.6 is 0 Å². The Morgan fingerprint density at radius 1 is 0.875 bits per heavy atom. The highest BCUT2D eigenvalue weighted by atomic mass is 16.5. The predicted octanol–water partition coefficient (Wildman–Crippen LogP) is 5.10. The van der Waals surface area contributed by atoms with Crippen LogP contribution in [0.4, 0.5) is 0 Å². The van der Waals surface area contributed by atoms with Gasteiger partial charge >= 0.3 is 0 Å². The normalized spacial score (nSPS) is 12.1. The van der Waals surface area contributed by atoms with E-state index in [1.165, 1.54) is 6.07 Å². The van der Waals surface area contributed by atoms with Gasteiger partial charge in [-0.15, -0.1) is 0 Å². The molecule has 0 amide bonds. The second-order valence-corrected chi connectivity index (χ2v) is 8.09. The summed E-state index contributed by atoms with van der Waals surface area (Å²) in [4.78, 5) is 12.7. The molecule has 2 aromatic rings. The van der Waals surface area contributed by atoms with E-state index >= 15 is 0 Å². The van der Waals surface area contributed by atoms with E-state index in [9.17, 15) is 9.90 Å². The van der Waals surface area contributed by atoms with Gasteiger partial charge in [0.15, 0.2) is 5.78 Å². The Morgan fingerprint density at radius 3 is 1.96 bits per heavy atom. The third-order valence-electron chi connectivity index (χ3n) is 3.59. The minimum Gasteiger partial charge on any atom is -0.508 e. The van der Waals surface area contributed by atoms with E-state index in [1.54, 1.807) is 30.3 Å². The second-order valence-electron chi connectivity index (χ2n) is 8.09. The summed E-state index contributed by atoms with van der Waals surface area (Å²) >= 11 is 0. The van der Waals surface area contributed by atoms with Crippen LogP contribution in [0.2, 0.25) is 0 Å². The summed E-state index contributed by atoms with van der Waals surface area (Å²) in [5, 5.41) is 9.95. The summed E-state index contributed by atoms with van der Waals surface area (Å²) < 4.78 is 5.77. The zero-order chi connectivity index (χ0) is 18.1. The summed E-state index contributed by atoms with van der Waals surface area (Å²) in [6, 6.07) is 12.2. The molecule has 3 heteroatoms. The molecule has 0 radical (unpaired) electrons. The fourth-order valence-corrected chi connectivity index (χ4v) is 2.37. The van der Waals surface area contributed by atoms with Crippen LogP contribution in [-0.4, -0.2) is 16.5 Å². The average molecular weight is 326 g/mol. The average Bonchev–Trinajstić information content (AvgIpc) is 2.44. The first-order valence-corrected chi connectivity index (χ1v) is 8.14. The van der Waals surface area contributed by atoms with E-state index in [1.807, 2.05) is 26.8 Å². The van der Waals surface area contributed by atoms with E-state index in [4.69, 9.17) is 4.74 Å². The fraction of sp³-hybridized carbons (Fsp3) is 0.381. The van der Waals surface area contributed by atoms with Crippen molar-refractivity contribution in [1.82, 2.24) is 0 Å². The quantitative estimate of drug-likeness (QED) is 0.798. The third kappa shape index (κ3) is 4.60. The highest BCUT2D eigenvalue weighted by Gasteiger charge is 2.19. The fourth-order valence-electron chi connectivity index (χ4n) is 2.37. The Bertz CT molecular complexity index is 729. The SMILES string of the molecule is CC(C)(C)Oc1ccc(C(=O)c2cc(O)cc(C(C)(C)C)c2)cc1. The van der Waals surface area contributed by atoms with Gasteiger partial charge in [0, 0.05) is 11.1 Å². The molecule has 0 unspecified atom stereocenters. The molecule has 0 atom stereocenters. The summed E-state index contributed by atoms with van der Waals surface area (Å²) in [5.41, 5.74) is 1.57. The Labute approximate surface area is 144 Å². The van der Waals surface area contributed by atoms with Crippen LogP contribution in [0.15, 0.2) is 42.5 Å². The molecule has 0 aliphatic carbocycles. The Balaban J connectivity index is 2.31. The summed E-state index contributed by atoms with van der Waals surface area (Å²) in [7, 11) is 0. The molecule has 0 aromatic heterocycles. The lowest BCUT2D eigenvalue weighted by Gasteiger charge is -2.21. The highest BCUT2D eigenvalue weighted by Crippen LogP contribution is 2.28. The van der Waals surface area contributed by atoms with Gasteiger partial charge in [-0.1, -0.05) is 20.8 Å². The molecular formula is C21H26O3. The molecule has 1 N–H and O–H groups in total. The topological polar surface area (TPSA) is 46.5 Å². The lowest BCUT2D eigenvalue weighted by molar-refractivity contribution is 0.103. The van der Waals surface area contributed by atoms with E-state index in [2.05, 4.69) is 20.8 Å². The van der Waals surface area contributed by atoms with Crippen LogP contribution < -0.4 is 4.74 Å². The maximum atomic E-state index is 12.7.